The molecule has 0 bridgehead atoms. The molecule has 2 aromatic rings. The maximum absolute atomic E-state index is 13.8. The minimum Gasteiger partial charge on any atom is -0.463 e. The summed E-state index contributed by atoms with van der Waals surface area (Å²) in [6.45, 7) is 6.03. The monoisotopic (exact) mass is 441 g/mol. The number of hydrogen-bond acceptors (Lipinski definition) is 4. The fraction of sp³-hybridized carbons (Fsp3) is 0.400. The second kappa shape index (κ2) is 10.2. The van der Waals surface area contributed by atoms with Crippen LogP contribution in [0, 0.1) is 6.92 Å². The molecular formula is C25H31NO4S. The van der Waals surface area contributed by atoms with Crippen molar-refractivity contribution in [1.29, 1.82) is 0 Å². The first-order chi connectivity index (χ1) is 14.9. The molecule has 1 aliphatic rings. The molecule has 2 atom stereocenters. The van der Waals surface area contributed by atoms with E-state index >= 15 is 0 Å². The molecule has 0 amide bonds. The predicted molar refractivity (Wildman–Crippen MR) is 122 cm³/mol. The van der Waals surface area contributed by atoms with Gasteiger partial charge in [-0.05, 0) is 38.0 Å². The van der Waals surface area contributed by atoms with Crippen LogP contribution >= 0.6 is 0 Å². The van der Waals surface area contributed by atoms with Crippen molar-refractivity contribution in [2.45, 2.75) is 63.4 Å². The van der Waals surface area contributed by atoms with Crippen molar-refractivity contribution in [3.63, 3.8) is 0 Å². The summed E-state index contributed by atoms with van der Waals surface area (Å²) in [5, 5.41) is 0. The third-order valence-corrected chi connectivity index (χ3v) is 7.48. The summed E-state index contributed by atoms with van der Waals surface area (Å²) in [7, 11) is -3.85. The van der Waals surface area contributed by atoms with E-state index in [1.165, 1.54) is 4.31 Å². The van der Waals surface area contributed by atoms with Crippen molar-refractivity contribution in [1.82, 2.24) is 4.31 Å². The summed E-state index contributed by atoms with van der Waals surface area (Å²) in [6, 6.07) is 15.1. The van der Waals surface area contributed by atoms with Crippen LogP contribution in [0.1, 0.15) is 56.7 Å². The zero-order valence-electron chi connectivity index (χ0n) is 18.5. The van der Waals surface area contributed by atoms with Crippen molar-refractivity contribution in [2.24, 2.45) is 0 Å². The minimum absolute atomic E-state index is 0.234. The molecule has 6 heteroatoms. The molecular weight excluding hydrogens is 410 g/mol. The first kappa shape index (κ1) is 23.2. The lowest BCUT2D eigenvalue weighted by Crippen LogP contribution is -2.39. The van der Waals surface area contributed by atoms with E-state index in [0.717, 1.165) is 30.4 Å². The Morgan fingerprint density at radius 3 is 2.29 bits per heavy atom. The Morgan fingerprint density at radius 2 is 1.68 bits per heavy atom. The number of esters is 1. The van der Waals surface area contributed by atoms with Gasteiger partial charge in [-0.25, -0.2) is 13.2 Å². The Morgan fingerprint density at radius 1 is 1.00 bits per heavy atom. The molecule has 0 N–H and O–H groups in total. The van der Waals surface area contributed by atoms with Crippen molar-refractivity contribution in [3.05, 3.63) is 77.4 Å². The Bertz CT molecular complexity index is 1010. The summed E-state index contributed by atoms with van der Waals surface area (Å²) in [5.41, 5.74) is 2.14. The SMILES string of the molecule is CCCCC[C@@H]1C=C(C(=O)OCC)[C@H](c2ccccc2)N1S(=O)(=O)c1ccc(C)cc1. The Labute approximate surface area is 185 Å². The van der Waals surface area contributed by atoms with Gasteiger partial charge in [0.05, 0.1) is 23.1 Å². The van der Waals surface area contributed by atoms with Gasteiger partial charge < -0.3 is 4.74 Å². The zero-order chi connectivity index (χ0) is 22.4. The molecule has 0 aliphatic carbocycles. The molecule has 1 heterocycles. The Hall–Kier alpha value is -2.44. The normalized spacial score (nSPS) is 19.3. The second-order valence-electron chi connectivity index (χ2n) is 7.87. The topological polar surface area (TPSA) is 63.7 Å². The molecule has 166 valence electrons. The highest BCUT2D eigenvalue weighted by Gasteiger charge is 2.46. The average Bonchev–Trinajstić information content (AvgIpc) is 3.15. The van der Waals surface area contributed by atoms with Gasteiger partial charge in [-0.15, -0.1) is 0 Å². The van der Waals surface area contributed by atoms with Crippen LogP contribution in [-0.4, -0.2) is 31.3 Å². The van der Waals surface area contributed by atoms with Gasteiger partial charge in [0, 0.05) is 6.04 Å². The fourth-order valence-corrected chi connectivity index (χ4v) is 5.78. The first-order valence-electron chi connectivity index (χ1n) is 10.9. The zero-order valence-corrected chi connectivity index (χ0v) is 19.3. The molecule has 0 radical (unpaired) electrons. The summed E-state index contributed by atoms with van der Waals surface area (Å²) in [6.07, 6.45) is 5.39. The first-order valence-corrected chi connectivity index (χ1v) is 12.4. The molecule has 0 saturated carbocycles. The van der Waals surface area contributed by atoms with E-state index < -0.39 is 28.1 Å². The van der Waals surface area contributed by atoms with E-state index in [2.05, 4.69) is 6.92 Å². The van der Waals surface area contributed by atoms with Crippen LogP contribution in [0.15, 0.2) is 71.1 Å². The maximum atomic E-state index is 13.8. The van der Waals surface area contributed by atoms with E-state index in [1.54, 1.807) is 37.3 Å². The number of aryl methyl sites for hydroxylation is 1. The van der Waals surface area contributed by atoms with E-state index in [0.29, 0.717) is 12.0 Å². The molecule has 0 spiro atoms. The molecule has 5 nitrogen and oxygen atoms in total. The molecule has 0 fully saturated rings. The van der Waals surface area contributed by atoms with Crippen molar-refractivity contribution >= 4 is 16.0 Å². The van der Waals surface area contributed by atoms with Crippen LogP contribution in [0.4, 0.5) is 0 Å². The van der Waals surface area contributed by atoms with Crippen LogP contribution < -0.4 is 0 Å². The number of rotatable bonds is 9. The Kier molecular flexibility index (Phi) is 7.68. The van der Waals surface area contributed by atoms with E-state index in [9.17, 15) is 13.2 Å². The average molecular weight is 442 g/mol. The minimum atomic E-state index is -3.85. The van der Waals surface area contributed by atoms with E-state index in [4.69, 9.17) is 4.74 Å². The molecule has 3 rings (SSSR count). The number of benzene rings is 2. The summed E-state index contributed by atoms with van der Waals surface area (Å²) in [4.78, 5) is 13.1. The van der Waals surface area contributed by atoms with Gasteiger partial charge in [0.1, 0.15) is 0 Å². The van der Waals surface area contributed by atoms with E-state index in [1.807, 2.05) is 37.3 Å². The fourth-order valence-electron chi connectivity index (χ4n) is 4.02. The maximum Gasteiger partial charge on any atom is 0.335 e. The van der Waals surface area contributed by atoms with Gasteiger partial charge in [-0.3, -0.25) is 0 Å². The lowest BCUT2D eigenvalue weighted by atomic mass is 10.0. The van der Waals surface area contributed by atoms with Crippen LogP contribution in [0.2, 0.25) is 0 Å². The molecule has 0 saturated heterocycles. The molecule has 0 unspecified atom stereocenters. The van der Waals surface area contributed by atoms with Crippen LogP contribution in [0.25, 0.3) is 0 Å². The van der Waals surface area contributed by atoms with Crippen LogP contribution in [0.3, 0.4) is 0 Å². The number of ether oxygens (including phenoxy) is 1. The highest BCUT2D eigenvalue weighted by atomic mass is 32.2. The number of nitrogens with zero attached hydrogens (tertiary/aromatic N) is 1. The molecule has 1 aliphatic heterocycles. The number of carbonyl (C=O) groups excluding carboxylic acids is 1. The second-order valence-corrected chi connectivity index (χ2v) is 9.71. The van der Waals surface area contributed by atoms with Crippen LogP contribution in [-0.2, 0) is 19.6 Å². The lowest BCUT2D eigenvalue weighted by molar-refractivity contribution is -0.138. The molecule has 0 aromatic heterocycles. The van der Waals surface area contributed by atoms with Gasteiger partial charge in [0.15, 0.2) is 0 Å². The van der Waals surface area contributed by atoms with Gasteiger partial charge in [-0.1, -0.05) is 80.3 Å². The number of carbonyl (C=O) groups is 1. The summed E-state index contributed by atoms with van der Waals surface area (Å²) >= 11 is 0. The van der Waals surface area contributed by atoms with Crippen molar-refractivity contribution in [2.75, 3.05) is 6.61 Å². The standard InChI is InChI=1S/C25H31NO4S/c1-4-6-8-13-21-18-23(25(27)30-5-2)24(20-11-9-7-10-12-20)26(21)31(28,29)22-16-14-19(3)15-17-22/h7,9-12,14-18,21,24H,4-6,8,13H2,1-3H3/t21-,24+/m1/s1. The predicted octanol–water partition coefficient (Wildman–Crippen LogP) is 5.18. The van der Waals surface area contributed by atoms with Crippen LogP contribution in [0.5, 0.6) is 0 Å². The van der Waals surface area contributed by atoms with Crippen molar-refractivity contribution in [3.8, 4) is 0 Å². The molecule has 31 heavy (non-hydrogen) atoms. The highest BCUT2D eigenvalue weighted by Crippen LogP contribution is 2.42. The van der Waals surface area contributed by atoms with Gasteiger partial charge >= 0.3 is 5.97 Å². The summed E-state index contributed by atoms with van der Waals surface area (Å²) < 4.78 is 34.5. The van der Waals surface area contributed by atoms with E-state index in [-0.39, 0.29) is 11.5 Å². The lowest BCUT2D eigenvalue weighted by Gasteiger charge is -2.31. The number of sulfonamides is 1. The third-order valence-electron chi connectivity index (χ3n) is 5.57. The summed E-state index contributed by atoms with van der Waals surface area (Å²) in [5.74, 6) is -0.460. The van der Waals surface area contributed by atoms with Crippen molar-refractivity contribution < 1.29 is 17.9 Å². The Balaban J connectivity index is 2.11. The third kappa shape index (κ3) is 5.08. The number of unbranched alkanes of at least 4 members (excludes halogenated alkanes) is 2. The highest BCUT2D eigenvalue weighted by molar-refractivity contribution is 7.89. The van der Waals surface area contributed by atoms with Gasteiger partial charge in [0.2, 0.25) is 10.0 Å². The largest absolute Gasteiger partial charge is 0.463 e. The smallest absolute Gasteiger partial charge is 0.335 e. The quantitative estimate of drug-likeness (QED) is 0.397. The molecule has 2 aromatic carbocycles. The van der Waals surface area contributed by atoms with Gasteiger partial charge in [0.25, 0.3) is 0 Å². The number of hydrogen-bond donors (Lipinski definition) is 0. The van der Waals surface area contributed by atoms with Gasteiger partial charge in [-0.2, -0.15) is 4.31 Å².